The lowest BCUT2D eigenvalue weighted by molar-refractivity contribution is 0.456. The fourth-order valence-electron chi connectivity index (χ4n) is 3.35. The van der Waals surface area contributed by atoms with Gasteiger partial charge in [0, 0.05) is 35.3 Å². The maximum absolute atomic E-state index is 13.6. The van der Waals surface area contributed by atoms with Crippen molar-refractivity contribution in [3.8, 4) is 11.1 Å². The van der Waals surface area contributed by atoms with Crippen LogP contribution < -0.4 is 5.32 Å². The van der Waals surface area contributed by atoms with Gasteiger partial charge in [0.05, 0.1) is 5.02 Å². The van der Waals surface area contributed by atoms with Gasteiger partial charge < -0.3 is 10.3 Å². The summed E-state index contributed by atoms with van der Waals surface area (Å²) in [5.41, 5.74) is 3.58. The first kappa shape index (κ1) is 14.7. The van der Waals surface area contributed by atoms with Crippen LogP contribution in [-0.2, 0) is 0 Å². The highest BCUT2D eigenvalue weighted by atomic mass is 35.5. The quantitative estimate of drug-likeness (QED) is 0.727. The number of H-pyrrole nitrogens is 1. The van der Waals surface area contributed by atoms with Crippen LogP contribution in [0.3, 0.4) is 0 Å². The first-order valence-corrected chi connectivity index (χ1v) is 8.24. The Morgan fingerprint density at radius 3 is 2.96 bits per heavy atom. The number of nitrogens with one attached hydrogen (secondary N) is 2. The fourth-order valence-corrected chi connectivity index (χ4v) is 3.61. The van der Waals surface area contributed by atoms with E-state index in [4.69, 9.17) is 11.6 Å². The third-order valence-electron chi connectivity index (χ3n) is 4.48. The first-order chi connectivity index (χ1) is 11.2. The number of aromatic amines is 1. The topological polar surface area (TPSA) is 40.7 Å². The number of pyridine rings is 1. The molecule has 1 saturated heterocycles. The van der Waals surface area contributed by atoms with Crippen LogP contribution in [-0.4, -0.2) is 23.1 Å². The standard InChI is InChI=1S/C18H17ClFN3/c19-15-10-22-18-14(17(15)11-3-1-5-13(20)7-11)8-16(23-18)12-4-2-6-21-9-12/h1,3,5,7-8,10,12,21H,2,4,6,9H2,(H,22,23)/t12-/m0/s1. The largest absolute Gasteiger partial charge is 0.343 e. The molecule has 3 aromatic rings. The number of benzene rings is 1. The lowest BCUT2D eigenvalue weighted by Gasteiger charge is -2.21. The van der Waals surface area contributed by atoms with Crippen molar-refractivity contribution in [2.24, 2.45) is 0 Å². The number of hydrogen-bond donors (Lipinski definition) is 2. The molecule has 3 heterocycles. The van der Waals surface area contributed by atoms with Crippen molar-refractivity contribution >= 4 is 22.6 Å². The summed E-state index contributed by atoms with van der Waals surface area (Å²) in [5, 5.41) is 4.91. The van der Waals surface area contributed by atoms with Gasteiger partial charge in [-0.1, -0.05) is 23.7 Å². The molecule has 0 spiro atoms. The van der Waals surface area contributed by atoms with E-state index in [9.17, 15) is 4.39 Å². The first-order valence-electron chi connectivity index (χ1n) is 7.86. The maximum Gasteiger partial charge on any atom is 0.138 e. The van der Waals surface area contributed by atoms with Crippen LogP contribution in [0.4, 0.5) is 4.39 Å². The molecule has 0 aliphatic carbocycles. The van der Waals surface area contributed by atoms with E-state index in [-0.39, 0.29) is 5.82 Å². The smallest absolute Gasteiger partial charge is 0.138 e. The van der Waals surface area contributed by atoms with Gasteiger partial charge in [0.1, 0.15) is 11.5 Å². The molecule has 118 valence electrons. The van der Waals surface area contributed by atoms with Crippen LogP contribution in [0.5, 0.6) is 0 Å². The summed E-state index contributed by atoms with van der Waals surface area (Å²) in [5.74, 6) is 0.188. The lowest BCUT2D eigenvalue weighted by atomic mass is 9.95. The predicted octanol–water partition coefficient (Wildman–Crippen LogP) is 4.49. The minimum absolute atomic E-state index is 0.268. The van der Waals surface area contributed by atoms with Crippen molar-refractivity contribution in [3.05, 3.63) is 53.1 Å². The van der Waals surface area contributed by atoms with Gasteiger partial charge in [0.15, 0.2) is 0 Å². The van der Waals surface area contributed by atoms with Crippen LogP contribution in [0.25, 0.3) is 22.2 Å². The molecule has 23 heavy (non-hydrogen) atoms. The summed E-state index contributed by atoms with van der Waals surface area (Å²) in [6.07, 6.45) is 3.96. The van der Waals surface area contributed by atoms with E-state index >= 15 is 0 Å². The van der Waals surface area contributed by atoms with Gasteiger partial charge in [0.2, 0.25) is 0 Å². The molecule has 1 atom stereocenters. The van der Waals surface area contributed by atoms with Crippen molar-refractivity contribution in [1.29, 1.82) is 0 Å². The molecule has 4 rings (SSSR count). The third kappa shape index (κ3) is 2.73. The van der Waals surface area contributed by atoms with Gasteiger partial charge in [-0.2, -0.15) is 0 Å². The highest BCUT2D eigenvalue weighted by Gasteiger charge is 2.19. The normalized spacial score (nSPS) is 18.4. The van der Waals surface area contributed by atoms with E-state index in [0.717, 1.165) is 41.7 Å². The van der Waals surface area contributed by atoms with Gasteiger partial charge >= 0.3 is 0 Å². The molecular weight excluding hydrogens is 313 g/mol. The fraction of sp³-hybridized carbons (Fsp3) is 0.278. The van der Waals surface area contributed by atoms with E-state index < -0.39 is 0 Å². The van der Waals surface area contributed by atoms with Crippen molar-refractivity contribution in [2.45, 2.75) is 18.8 Å². The number of aromatic nitrogens is 2. The Labute approximate surface area is 138 Å². The van der Waals surface area contributed by atoms with Gasteiger partial charge in [-0.15, -0.1) is 0 Å². The van der Waals surface area contributed by atoms with Gasteiger partial charge in [-0.3, -0.25) is 0 Å². The molecule has 0 radical (unpaired) electrons. The minimum Gasteiger partial charge on any atom is -0.343 e. The Kier molecular flexibility index (Phi) is 3.79. The molecule has 0 unspecified atom stereocenters. The second-order valence-electron chi connectivity index (χ2n) is 6.02. The summed E-state index contributed by atoms with van der Waals surface area (Å²) in [7, 11) is 0. The lowest BCUT2D eigenvalue weighted by Crippen LogP contribution is -2.28. The van der Waals surface area contributed by atoms with Gasteiger partial charge in [-0.25, -0.2) is 9.37 Å². The molecule has 2 aromatic heterocycles. The molecule has 2 N–H and O–H groups in total. The second kappa shape index (κ2) is 5.95. The second-order valence-corrected chi connectivity index (χ2v) is 6.43. The Morgan fingerprint density at radius 1 is 1.26 bits per heavy atom. The summed E-state index contributed by atoms with van der Waals surface area (Å²) in [6, 6.07) is 8.64. The zero-order valence-corrected chi connectivity index (χ0v) is 13.3. The zero-order chi connectivity index (χ0) is 15.8. The van der Waals surface area contributed by atoms with Crippen molar-refractivity contribution in [1.82, 2.24) is 15.3 Å². The van der Waals surface area contributed by atoms with Crippen LogP contribution in [0.15, 0.2) is 36.5 Å². The highest BCUT2D eigenvalue weighted by molar-refractivity contribution is 6.34. The predicted molar refractivity (Wildman–Crippen MR) is 91.3 cm³/mol. The van der Waals surface area contributed by atoms with E-state index in [1.54, 1.807) is 12.3 Å². The van der Waals surface area contributed by atoms with E-state index in [0.29, 0.717) is 10.9 Å². The van der Waals surface area contributed by atoms with Crippen molar-refractivity contribution < 1.29 is 4.39 Å². The zero-order valence-electron chi connectivity index (χ0n) is 12.6. The summed E-state index contributed by atoms with van der Waals surface area (Å²) < 4.78 is 13.6. The van der Waals surface area contributed by atoms with Gasteiger partial charge in [0.25, 0.3) is 0 Å². The van der Waals surface area contributed by atoms with Crippen molar-refractivity contribution in [2.75, 3.05) is 13.1 Å². The van der Waals surface area contributed by atoms with Crippen molar-refractivity contribution in [3.63, 3.8) is 0 Å². The van der Waals surface area contributed by atoms with E-state index in [1.807, 2.05) is 6.07 Å². The molecule has 1 fully saturated rings. The summed E-state index contributed by atoms with van der Waals surface area (Å²) >= 11 is 6.37. The Balaban J connectivity index is 1.86. The monoisotopic (exact) mass is 329 g/mol. The molecule has 0 amide bonds. The molecule has 1 aromatic carbocycles. The number of nitrogens with zero attached hydrogens (tertiary/aromatic N) is 1. The SMILES string of the molecule is Fc1cccc(-c2c(Cl)cnc3[nH]c([C@H]4CCCNC4)cc23)c1. The number of rotatable bonds is 2. The molecule has 1 aliphatic heterocycles. The molecule has 3 nitrogen and oxygen atoms in total. The Hall–Kier alpha value is -1.91. The van der Waals surface area contributed by atoms with Gasteiger partial charge in [-0.05, 0) is 43.1 Å². The molecule has 1 aliphatic rings. The number of fused-ring (bicyclic) bond motifs is 1. The molecule has 5 heteroatoms. The molecule has 0 bridgehead atoms. The number of halogens is 2. The summed E-state index contributed by atoms with van der Waals surface area (Å²) in [4.78, 5) is 7.82. The van der Waals surface area contributed by atoms with Crippen LogP contribution in [0, 0.1) is 5.82 Å². The van der Waals surface area contributed by atoms with Crippen LogP contribution >= 0.6 is 11.6 Å². The Bertz CT molecular complexity index is 853. The average Bonchev–Trinajstić information content (AvgIpc) is 2.99. The number of hydrogen-bond acceptors (Lipinski definition) is 2. The number of piperidine rings is 1. The minimum atomic E-state index is -0.268. The molecule has 0 saturated carbocycles. The van der Waals surface area contributed by atoms with Crippen LogP contribution in [0.2, 0.25) is 5.02 Å². The molecular formula is C18H17ClFN3. The third-order valence-corrected chi connectivity index (χ3v) is 4.77. The Morgan fingerprint density at radius 2 is 2.17 bits per heavy atom. The van der Waals surface area contributed by atoms with E-state index in [1.165, 1.54) is 24.2 Å². The summed E-state index contributed by atoms with van der Waals surface area (Å²) in [6.45, 7) is 2.05. The van der Waals surface area contributed by atoms with Crippen LogP contribution in [0.1, 0.15) is 24.5 Å². The van der Waals surface area contributed by atoms with E-state index in [2.05, 4.69) is 21.4 Å². The average molecular weight is 330 g/mol. The maximum atomic E-state index is 13.6. The highest BCUT2D eigenvalue weighted by Crippen LogP contribution is 2.36.